The second-order valence-electron chi connectivity index (χ2n) is 5.48. The van der Waals surface area contributed by atoms with Gasteiger partial charge in [-0.05, 0) is 69.1 Å². The molecule has 0 amide bonds. The quantitative estimate of drug-likeness (QED) is 0.919. The molecule has 2 rings (SSSR count). The molecule has 1 unspecified atom stereocenters. The average molecular weight is 311 g/mol. The molecule has 3 heteroatoms. The topological polar surface area (TPSA) is 15.3 Å². The van der Waals surface area contributed by atoms with Crippen LogP contribution in [0.1, 0.15) is 24.0 Å². The van der Waals surface area contributed by atoms with Crippen LogP contribution in [-0.4, -0.2) is 31.6 Å². The third-order valence-corrected chi connectivity index (χ3v) is 4.21. The van der Waals surface area contributed by atoms with E-state index in [1.165, 1.54) is 48.1 Å². The van der Waals surface area contributed by atoms with Gasteiger partial charge >= 0.3 is 0 Å². The predicted octanol–water partition coefficient (Wildman–Crippen LogP) is 3.19. The Morgan fingerprint density at radius 3 is 2.94 bits per heavy atom. The zero-order chi connectivity index (χ0) is 13.0. The Bertz CT molecular complexity index is 386. The Morgan fingerprint density at radius 1 is 1.44 bits per heavy atom. The van der Waals surface area contributed by atoms with Crippen molar-refractivity contribution >= 4 is 15.9 Å². The first-order chi connectivity index (χ1) is 8.65. The maximum absolute atomic E-state index is 3.52. The zero-order valence-corrected chi connectivity index (χ0v) is 13.0. The molecule has 1 fully saturated rings. The van der Waals surface area contributed by atoms with E-state index in [1.807, 2.05) is 0 Å². The van der Waals surface area contributed by atoms with Crippen LogP contribution in [-0.2, 0) is 6.54 Å². The fourth-order valence-corrected chi connectivity index (χ4v) is 3.19. The van der Waals surface area contributed by atoms with Gasteiger partial charge in [-0.25, -0.2) is 0 Å². The fourth-order valence-electron chi connectivity index (χ4n) is 2.71. The predicted molar refractivity (Wildman–Crippen MR) is 80.8 cm³/mol. The SMILES string of the molecule is Cc1cc(Br)ccc1CN(C)CC1CCCNC1. The highest BCUT2D eigenvalue weighted by Gasteiger charge is 2.15. The molecule has 1 saturated heterocycles. The van der Waals surface area contributed by atoms with Gasteiger partial charge in [-0.2, -0.15) is 0 Å². The number of hydrogen-bond acceptors (Lipinski definition) is 2. The van der Waals surface area contributed by atoms with Crippen LogP contribution in [0.15, 0.2) is 22.7 Å². The summed E-state index contributed by atoms with van der Waals surface area (Å²) >= 11 is 3.52. The number of benzene rings is 1. The summed E-state index contributed by atoms with van der Waals surface area (Å²) in [6, 6.07) is 6.57. The molecule has 0 aliphatic carbocycles. The number of piperidine rings is 1. The van der Waals surface area contributed by atoms with E-state index in [-0.39, 0.29) is 0 Å². The van der Waals surface area contributed by atoms with Crippen LogP contribution in [0, 0.1) is 12.8 Å². The lowest BCUT2D eigenvalue weighted by Crippen LogP contribution is -2.36. The molecule has 0 spiro atoms. The number of hydrogen-bond donors (Lipinski definition) is 1. The lowest BCUT2D eigenvalue weighted by Gasteiger charge is -2.28. The van der Waals surface area contributed by atoms with Crippen LogP contribution < -0.4 is 5.32 Å². The van der Waals surface area contributed by atoms with Crippen LogP contribution in [0.2, 0.25) is 0 Å². The summed E-state index contributed by atoms with van der Waals surface area (Å²) in [4.78, 5) is 2.45. The third-order valence-electron chi connectivity index (χ3n) is 3.71. The summed E-state index contributed by atoms with van der Waals surface area (Å²) in [6.07, 6.45) is 2.70. The molecule has 1 aliphatic heterocycles. The normalized spacial score (nSPS) is 20.3. The van der Waals surface area contributed by atoms with Crippen molar-refractivity contribution in [2.45, 2.75) is 26.3 Å². The molecule has 2 nitrogen and oxygen atoms in total. The van der Waals surface area contributed by atoms with Crippen molar-refractivity contribution in [1.29, 1.82) is 0 Å². The monoisotopic (exact) mass is 310 g/mol. The molecule has 18 heavy (non-hydrogen) atoms. The molecule has 1 atom stereocenters. The van der Waals surface area contributed by atoms with Gasteiger partial charge in [0.05, 0.1) is 0 Å². The Labute approximate surface area is 119 Å². The summed E-state index contributed by atoms with van der Waals surface area (Å²) < 4.78 is 1.17. The van der Waals surface area contributed by atoms with Crippen molar-refractivity contribution in [3.63, 3.8) is 0 Å². The van der Waals surface area contributed by atoms with Gasteiger partial charge in [-0.3, -0.25) is 0 Å². The van der Waals surface area contributed by atoms with E-state index in [2.05, 4.69) is 58.3 Å². The van der Waals surface area contributed by atoms with E-state index in [0.29, 0.717) is 0 Å². The number of rotatable bonds is 4. The molecule has 0 saturated carbocycles. The largest absolute Gasteiger partial charge is 0.316 e. The van der Waals surface area contributed by atoms with E-state index in [4.69, 9.17) is 0 Å². The molecule has 100 valence electrons. The maximum Gasteiger partial charge on any atom is 0.0233 e. The maximum atomic E-state index is 3.52. The molecule has 0 bridgehead atoms. The fraction of sp³-hybridized carbons (Fsp3) is 0.600. The standard InChI is InChI=1S/C15H23BrN2/c1-12-8-15(16)6-5-14(12)11-18(2)10-13-4-3-7-17-9-13/h5-6,8,13,17H,3-4,7,9-11H2,1-2H3. The molecule has 1 N–H and O–H groups in total. The van der Waals surface area contributed by atoms with E-state index in [0.717, 1.165) is 12.5 Å². The second-order valence-corrected chi connectivity index (χ2v) is 6.40. The molecular formula is C15H23BrN2. The highest BCUT2D eigenvalue weighted by molar-refractivity contribution is 9.10. The number of halogens is 1. The van der Waals surface area contributed by atoms with Gasteiger partial charge in [0.2, 0.25) is 0 Å². The minimum atomic E-state index is 0.819. The molecule has 0 radical (unpaired) electrons. The minimum Gasteiger partial charge on any atom is -0.316 e. The minimum absolute atomic E-state index is 0.819. The van der Waals surface area contributed by atoms with Gasteiger partial charge in [0.25, 0.3) is 0 Å². The molecular weight excluding hydrogens is 288 g/mol. The van der Waals surface area contributed by atoms with Crippen LogP contribution in [0.4, 0.5) is 0 Å². The summed E-state index contributed by atoms with van der Waals surface area (Å²) in [5.41, 5.74) is 2.81. The molecule has 1 heterocycles. The van der Waals surface area contributed by atoms with E-state index < -0.39 is 0 Å². The van der Waals surface area contributed by atoms with E-state index in [1.54, 1.807) is 0 Å². The van der Waals surface area contributed by atoms with Gasteiger partial charge in [0, 0.05) is 17.6 Å². The lowest BCUT2D eigenvalue weighted by atomic mass is 9.99. The van der Waals surface area contributed by atoms with Crippen molar-refractivity contribution in [3.8, 4) is 0 Å². The first kappa shape index (κ1) is 14.0. The van der Waals surface area contributed by atoms with Crippen LogP contribution >= 0.6 is 15.9 Å². The van der Waals surface area contributed by atoms with Gasteiger partial charge in [0.15, 0.2) is 0 Å². The van der Waals surface area contributed by atoms with Gasteiger partial charge in [0.1, 0.15) is 0 Å². The summed E-state index contributed by atoms with van der Waals surface area (Å²) in [5.74, 6) is 0.819. The first-order valence-corrected chi connectivity index (χ1v) is 7.59. The summed E-state index contributed by atoms with van der Waals surface area (Å²) in [5, 5.41) is 3.49. The Hall–Kier alpha value is -0.380. The highest BCUT2D eigenvalue weighted by Crippen LogP contribution is 2.18. The Morgan fingerprint density at radius 2 is 2.28 bits per heavy atom. The van der Waals surface area contributed by atoms with Crippen molar-refractivity contribution in [3.05, 3.63) is 33.8 Å². The summed E-state index contributed by atoms with van der Waals surface area (Å²) in [6.45, 7) is 6.82. The lowest BCUT2D eigenvalue weighted by molar-refractivity contribution is 0.237. The number of nitrogens with one attached hydrogen (secondary N) is 1. The van der Waals surface area contributed by atoms with Crippen LogP contribution in [0.5, 0.6) is 0 Å². The van der Waals surface area contributed by atoms with Gasteiger partial charge < -0.3 is 10.2 Å². The van der Waals surface area contributed by atoms with Crippen molar-refractivity contribution in [2.75, 3.05) is 26.7 Å². The Balaban J connectivity index is 1.87. The van der Waals surface area contributed by atoms with Crippen LogP contribution in [0.25, 0.3) is 0 Å². The average Bonchev–Trinajstić information content (AvgIpc) is 2.34. The van der Waals surface area contributed by atoms with E-state index in [9.17, 15) is 0 Å². The summed E-state index contributed by atoms with van der Waals surface area (Å²) in [7, 11) is 2.23. The van der Waals surface area contributed by atoms with Crippen molar-refractivity contribution < 1.29 is 0 Å². The van der Waals surface area contributed by atoms with Crippen molar-refractivity contribution in [2.24, 2.45) is 5.92 Å². The van der Waals surface area contributed by atoms with Crippen molar-refractivity contribution in [1.82, 2.24) is 10.2 Å². The second kappa shape index (κ2) is 6.69. The van der Waals surface area contributed by atoms with E-state index >= 15 is 0 Å². The molecule has 1 aliphatic rings. The molecule has 0 aromatic heterocycles. The smallest absolute Gasteiger partial charge is 0.0233 e. The zero-order valence-electron chi connectivity index (χ0n) is 11.4. The van der Waals surface area contributed by atoms with Gasteiger partial charge in [-0.15, -0.1) is 0 Å². The third kappa shape index (κ3) is 4.08. The van der Waals surface area contributed by atoms with Crippen LogP contribution in [0.3, 0.4) is 0 Å². The highest BCUT2D eigenvalue weighted by atomic mass is 79.9. The number of nitrogens with zero attached hydrogens (tertiary/aromatic N) is 1. The molecule has 1 aromatic carbocycles. The van der Waals surface area contributed by atoms with Gasteiger partial charge in [-0.1, -0.05) is 22.0 Å². The number of aryl methyl sites for hydroxylation is 1. The first-order valence-electron chi connectivity index (χ1n) is 6.79. The Kier molecular flexibility index (Phi) is 5.22. The molecule has 1 aromatic rings.